The summed E-state index contributed by atoms with van der Waals surface area (Å²) in [6, 6.07) is 8.64. The van der Waals surface area contributed by atoms with Crippen LogP contribution < -0.4 is 0 Å². The SMILES string of the molecule is O=C(c1ccc(F)cc1)N(Cc1ccc(F)cc1F)C1CC1. The highest BCUT2D eigenvalue weighted by Gasteiger charge is 2.33. The Morgan fingerprint density at radius 1 is 1.00 bits per heavy atom. The van der Waals surface area contributed by atoms with Gasteiger partial charge in [0.15, 0.2) is 0 Å². The summed E-state index contributed by atoms with van der Waals surface area (Å²) in [7, 11) is 0. The molecule has 0 bridgehead atoms. The van der Waals surface area contributed by atoms with Gasteiger partial charge in [0, 0.05) is 29.8 Å². The lowest BCUT2D eigenvalue weighted by molar-refractivity contribution is 0.0728. The number of amides is 1. The molecule has 3 rings (SSSR count). The predicted molar refractivity (Wildman–Crippen MR) is 75.7 cm³/mol. The molecule has 114 valence electrons. The third kappa shape index (κ3) is 3.13. The molecule has 0 saturated heterocycles. The number of carbonyl (C=O) groups excluding carboxylic acids is 1. The molecular formula is C17H14F3NO. The van der Waals surface area contributed by atoms with Gasteiger partial charge < -0.3 is 4.90 Å². The highest BCUT2D eigenvalue weighted by Crippen LogP contribution is 2.30. The zero-order valence-corrected chi connectivity index (χ0v) is 11.7. The van der Waals surface area contributed by atoms with Crippen molar-refractivity contribution in [3.8, 4) is 0 Å². The van der Waals surface area contributed by atoms with Crippen LogP contribution in [0.25, 0.3) is 0 Å². The van der Waals surface area contributed by atoms with Crippen molar-refractivity contribution in [1.29, 1.82) is 0 Å². The monoisotopic (exact) mass is 305 g/mol. The molecule has 0 aliphatic heterocycles. The number of rotatable bonds is 4. The van der Waals surface area contributed by atoms with Crippen molar-refractivity contribution in [1.82, 2.24) is 4.90 Å². The molecule has 0 aromatic heterocycles. The van der Waals surface area contributed by atoms with Gasteiger partial charge in [0.1, 0.15) is 17.5 Å². The average molecular weight is 305 g/mol. The third-order valence-electron chi connectivity index (χ3n) is 3.70. The number of halogens is 3. The fourth-order valence-corrected chi connectivity index (χ4v) is 2.34. The van der Waals surface area contributed by atoms with Crippen LogP contribution in [-0.2, 0) is 6.54 Å². The van der Waals surface area contributed by atoms with Crippen LogP contribution in [0, 0.1) is 17.5 Å². The number of hydrogen-bond acceptors (Lipinski definition) is 1. The fraction of sp³-hybridized carbons (Fsp3) is 0.235. The molecule has 2 aromatic rings. The van der Waals surface area contributed by atoms with Gasteiger partial charge >= 0.3 is 0 Å². The molecule has 1 amide bonds. The minimum Gasteiger partial charge on any atom is -0.331 e. The van der Waals surface area contributed by atoms with E-state index in [-0.39, 0.29) is 24.1 Å². The maximum absolute atomic E-state index is 13.8. The van der Waals surface area contributed by atoms with E-state index in [0.29, 0.717) is 5.56 Å². The first-order valence-corrected chi connectivity index (χ1v) is 7.05. The van der Waals surface area contributed by atoms with Crippen LogP contribution in [0.1, 0.15) is 28.8 Å². The summed E-state index contributed by atoms with van der Waals surface area (Å²) in [5, 5.41) is 0. The molecule has 2 nitrogen and oxygen atoms in total. The molecule has 0 N–H and O–H groups in total. The lowest BCUT2D eigenvalue weighted by Gasteiger charge is -2.23. The summed E-state index contributed by atoms with van der Waals surface area (Å²) in [6.45, 7) is 0.0764. The summed E-state index contributed by atoms with van der Waals surface area (Å²) in [5.41, 5.74) is 0.625. The maximum Gasteiger partial charge on any atom is 0.254 e. The molecule has 0 unspecified atom stereocenters. The van der Waals surface area contributed by atoms with Crippen LogP contribution in [0.2, 0.25) is 0 Å². The van der Waals surface area contributed by atoms with E-state index in [2.05, 4.69) is 0 Å². The lowest BCUT2D eigenvalue weighted by atomic mass is 10.1. The molecule has 5 heteroatoms. The Morgan fingerprint density at radius 2 is 1.64 bits per heavy atom. The number of carbonyl (C=O) groups is 1. The molecule has 1 aliphatic carbocycles. The van der Waals surface area contributed by atoms with E-state index in [1.165, 1.54) is 36.4 Å². The van der Waals surface area contributed by atoms with Gasteiger partial charge in [-0.2, -0.15) is 0 Å². The molecular weight excluding hydrogens is 291 g/mol. The van der Waals surface area contributed by atoms with Gasteiger partial charge in [-0.25, -0.2) is 13.2 Å². The standard InChI is InChI=1S/C17H14F3NO/c18-13-4-1-11(2-5-13)17(22)21(15-7-8-15)10-12-3-6-14(19)9-16(12)20/h1-6,9,15H,7-8,10H2. The van der Waals surface area contributed by atoms with Crippen molar-refractivity contribution >= 4 is 5.91 Å². The first-order chi connectivity index (χ1) is 10.5. The summed E-state index contributed by atoms with van der Waals surface area (Å²) in [6.07, 6.45) is 1.71. The van der Waals surface area contributed by atoms with Crippen LogP contribution in [0.15, 0.2) is 42.5 Å². The van der Waals surface area contributed by atoms with E-state index in [0.717, 1.165) is 18.9 Å². The highest BCUT2D eigenvalue weighted by molar-refractivity contribution is 5.94. The molecule has 1 fully saturated rings. The van der Waals surface area contributed by atoms with Gasteiger partial charge in [-0.15, -0.1) is 0 Å². The van der Waals surface area contributed by atoms with Crippen molar-refractivity contribution in [2.24, 2.45) is 0 Å². The second-order valence-corrected chi connectivity index (χ2v) is 5.41. The summed E-state index contributed by atoms with van der Waals surface area (Å²) in [5.74, 6) is -2.01. The highest BCUT2D eigenvalue weighted by atomic mass is 19.1. The van der Waals surface area contributed by atoms with Crippen LogP contribution in [0.3, 0.4) is 0 Å². The van der Waals surface area contributed by atoms with E-state index in [9.17, 15) is 18.0 Å². The second-order valence-electron chi connectivity index (χ2n) is 5.41. The van der Waals surface area contributed by atoms with Gasteiger partial charge in [-0.3, -0.25) is 4.79 Å². The first kappa shape index (κ1) is 14.6. The number of nitrogens with zero attached hydrogens (tertiary/aromatic N) is 1. The van der Waals surface area contributed by atoms with Crippen LogP contribution in [-0.4, -0.2) is 16.8 Å². The van der Waals surface area contributed by atoms with Crippen LogP contribution >= 0.6 is 0 Å². The molecule has 0 atom stereocenters. The fourth-order valence-electron chi connectivity index (χ4n) is 2.34. The van der Waals surface area contributed by atoms with E-state index in [4.69, 9.17) is 0 Å². The molecule has 22 heavy (non-hydrogen) atoms. The smallest absolute Gasteiger partial charge is 0.254 e. The molecule has 1 saturated carbocycles. The van der Waals surface area contributed by atoms with Crippen LogP contribution in [0.5, 0.6) is 0 Å². The second kappa shape index (κ2) is 5.83. The topological polar surface area (TPSA) is 20.3 Å². The Hall–Kier alpha value is -2.30. The largest absolute Gasteiger partial charge is 0.331 e. The Labute approximate surface area is 126 Å². The Morgan fingerprint density at radius 3 is 2.23 bits per heavy atom. The van der Waals surface area contributed by atoms with Crippen LogP contribution in [0.4, 0.5) is 13.2 Å². The maximum atomic E-state index is 13.8. The summed E-state index contributed by atoms with van der Waals surface area (Å²) in [4.78, 5) is 14.1. The molecule has 2 aromatic carbocycles. The summed E-state index contributed by atoms with van der Waals surface area (Å²) >= 11 is 0. The zero-order valence-electron chi connectivity index (χ0n) is 11.7. The van der Waals surface area contributed by atoms with E-state index >= 15 is 0 Å². The average Bonchev–Trinajstić information content (AvgIpc) is 3.31. The molecule has 0 radical (unpaired) electrons. The normalized spacial score (nSPS) is 14.0. The zero-order chi connectivity index (χ0) is 15.7. The minimum atomic E-state index is -0.669. The summed E-state index contributed by atoms with van der Waals surface area (Å²) < 4.78 is 39.7. The van der Waals surface area contributed by atoms with E-state index in [1.807, 2.05) is 0 Å². The van der Waals surface area contributed by atoms with E-state index < -0.39 is 17.5 Å². The Kier molecular flexibility index (Phi) is 3.88. The molecule has 0 heterocycles. The predicted octanol–water partition coefficient (Wildman–Crippen LogP) is 3.91. The van der Waals surface area contributed by atoms with Gasteiger partial charge in [0.05, 0.1) is 0 Å². The third-order valence-corrected chi connectivity index (χ3v) is 3.70. The van der Waals surface area contributed by atoms with E-state index in [1.54, 1.807) is 4.90 Å². The first-order valence-electron chi connectivity index (χ1n) is 7.05. The van der Waals surface area contributed by atoms with Gasteiger partial charge in [0.25, 0.3) is 5.91 Å². The van der Waals surface area contributed by atoms with Crippen molar-refractivity contribution < 1.29 is 18.0 Å². The minimum absolute atomic E-state index is 0.0574. The molecule has 1 aliphatic rings. The quantitative estimate of drug-likeness (QED) is 0.838. The van der Waals surface area contributed by atoms with Gasteiger partial charge in [0.2, 0.25) is 0 Å². The Balaban J connectivity index is 1.83. The Bertz CT molecular complexity index is 696. The number of hydrogen-bond donors (Lipinski definition) is 0. The number of benzene rings is 2. The lowest BCUT2D eigenvalue weighted by Crippen LogP contribution is -2.33. The van der Waals surface area contributed by atoms with Crippen molar-refractivity contribution in [2.75, 3.05) is 0 Å². The van der Waals surface area contributed by atoms with Gasteiger partial charge in [-0.05, 0) is 43.2 Å². The van der Waals surface area contributed by atoms with Crippen molar-refractivity contribution in [2.45, 2.75) is 25.4 Å². The van der Waals surface area contributed by atoms with Gasteiger partial charge in [-0.1, -0.05) is 6.07 Å². The van der Waals surface area contributed by atoms with Crippen molar-refractivity contribution in [3.63, 3.8) is 0 Å². The molecule has 0 spiro atoms. The van der Waals surface area contributed by atoms with Crippen molar-refractivity contribution in [3.05, 3.63) is 71.0 Å².